The summed E-state index contributed by atoms with van der Waals surface area (Å²) in [4.78, 5) is 15.1. The minimum Gasteiger partial charge on any atom is -0.378 e. The number of hydrazine groups is 1. The Morgan fingerprint density at radius 3 is 2.50 bits per heavy atom. The number of hydrogen-bond acceptors (Lipinski definition) is 5. The van der Waals surface area contributed by atoms with E-state index in [1.54, 1.807) is 0 Å². The average Bonchev–Trinajstić information content (AvgIpc) is 3.20. The molecule has 4 rings (SSSR count). The lowest BCUT2D eigenvalue weighted by Crippen LogP contribution is -2.36. The van der Waals surface area contributed by atoms with Crippen molar-refractivity contribution < 1.29 is 9.53 Å². The number of nitrogens with zero attached hydrogens (tertiary/aromatic N) is 1. The normalized spacial score (nSPS) is 23.0. The summed E-state index contributed by atoms with van der Waals surface area (Å²) in [5.41, 5.74) is 9.42. The first kappa shape index (κ1) is 17.0. The van der Waals surface area contributed by atoms with Crippen LogP contribution < -0.4 is 21.1 Å². The van der Waals surface area contributed by atoms with Crippen LogP contribution in [0.5, 0.6) is 0 Å². The van der Waals surface area contributed by atoms with Gasteiger partial charge in [0.1, 0.15) is 0 Å². The summed E-state index contributed by atoms with van der Waals surface area (Å²) in [7, 11) is 0. The maximum Gasteiger partial charge on any atom is 0.230 e. The van der Waals surface area contributed by atoms with Crippen LogP contribution in [0, 0.1) is 5.92 Å². The predicted octanol–water partition coefficient (Wildman–Crippen LogP) is 1.93. The van der Waals surface area contributed by atoms with Crippen molar-refractivity contribution in [1.82, 2.24) is 10.9 Å². The van der Waals surface area contributed by atoms with Crippen LogP contribution >= 0.6 is 0 Å². The minimum atomic E-state index is -0.156. The summed E-state index contributed by atoms with van der Waals surface area (Å²) >= 11 is 0. The fourth-order valence-electron chi connectivity index (χ4n) is 3.53. The van der Waals surface area contributed by atoms with Crippen LogP contribution in [0.15, 0.2) is 54.6 Å². The zero-order chi connectivity index (χ0) is 17.8. The highest BCUT2D eigenvalue weighted by atomic mass is 16.5. The van der Waals surface area contributed by atoms with Gasteiger partial charge in [0.2, 0.25) is 5.91 Å². The number of hydrogen-bond donors (Lipinski definition) is 3. The molecule has 0 spiro atoms. The third-order valence-electron chi connectivity index (χ3n) is 4.99. The van der Waals surface area contributed by atoms with Crippen molar-refractivity contribution in [2.24, 2.45) is 5.92 Å². The molecule has 2 aliphatic rings. The average molecular weight is 352 g/mol. The molecule has 2 saturated heterocycles. The molecule has 26 heavy (non-hydrogen) atoms. The van der Waals surface area contributed by atoms with E-state index in [1.165, 1.54) is 0 Å². The molecular weight excluding hydrogens is 328 g/mol. The Morgan fingerprint density at radius 2 is 1.77 bits per heavy atom. The number of nitrogens with one attached hydrogen (secondary N) is 3. The Balaban J connectivity index is 1.41. The summed E-state index contributed by atoms with van der Waals surface area (Å²) in [6, 6.07) is 18.1. The Hall–Kier alpha value is -2.41. The second-order valence-electron chi connectivity index (χ2n) is 6.66. The van der Waals surface area contributed by atoms with Gasteiger partial charge in [0.25, 0.3) is 0 Å². The van der Waals surface area contributed by atoms with E-state index in [0.717, 1.165) is 43.2 Å². The van der Waals surface area contributed by atoms with Gasteiger partial charge in [-0.3, -0.25) is 10.2 Å². The zero-order valence-electron chi connectivity index (χ0n) is 14.7. The van der Waals surface area contributed by atoms with E-state index < -0.39 is 0 Å². The summed E-state index contributed by atoms with van der Waals surface area (Å²) in [6.07, 6.45) is 0. The molecule has 0 saturated carbocycles. The van der Waals surface area contributed by atoms with Crippen LogP contribution in [0.25, 0.3) is 0 Å². The molecule has 2 unspecified atom stereocenters. The molecular formula is C20H24N4O2. The van der Waals surface area contributed by atoms with E-state index in [1.807, 2.05) is 42.5 Å². The van der Waals surface area contributed by atoms with Gasteiger partial charge in [-0.25, -0.2) is 5.43 Å². The van der Waals surface area contributed by atoms with Crippen molar-refractivity contribution in [3.05, 3.63) is 60.2 Å². The van der Waals surface area contributed by atoms with Crippen molar-refractivity contribution in [2.75, 3.05) is 43.1 Å². The third kappa shape index (κ3) is 3.72. The van der Waals surface area contributed by atoms with Gasteiger partial charge in [-0.05, 0) is 29.8 Å². The number of ether oxygens (including phenoxy) is 1. The highest BCUT2D eigenvalue weighted by Gasteiger charge is 2.33. The van der Waals surface area contributed by atoms with Gasteiger partial charge >= 0.3 is 0 Å². The summed E-state index contributed by atoms with van der Waals surface area (Å²) in [6.45, 7) is 3.95. The first-order chi connectivity index (χ1) is 12.8. The van der Waals surface area contributed by atoms with Gasteiger partial charge in [-0.1, -0.05) is 30.3 Å². The molecule has 0 aromatic heterocycles. The number of carbonyl (C=O) groups excluding carboxylic acids is 1. The van der Waals surface area contributed by atoms with Crippen LogP contribution in [0.3, 0.4) is 0 Å². The predicted molar refractivity (Wildman–Crippen MR) is 102 cm³/mol. The quantitative estimate of drug-likeness (QED) is 0.785. The molecule has 0 bridgehead atoms. The molecule has 0 aliphatic carbocycles. The standard InChI is InChI=1S/C20H24N4O2/c25-20(18-14-21-23-19(18)15-4-2-1-3-5-15)22-16-6-8-17(9-7-16)24-10-12-26-13-11-24/h1-9,18-19,21,23H,10-14H2,(H,22,25). The molecule has 2 heterocycles. The Morgan fingerprint density at radius 1 is 1.04 bits per heavy atom. The number of morpholine rings is 1. The highest BCUT2D eigenvalue weighted by Crippen LogP contribution is 2.26. The van der Waals surface area contributed by atoms with E-state index >= 15 is 0 Å². The van der Waals surface area contributed by atoms with E-state index in [-0.39, 0.29) is 17.9 Å². The first-order valence-corrected chi connectivity index (χ1v) is 9.08. The number of anilines is 2. The summed E-state index contributed by atoms with van der Waals surface area (Å²) in [5, 5.41) is 3.05. The van der Waals surface area contributed by atoms with Gasteiger partial charge in [-0.15, -0.1) is 0 Å². The highest BCUT2D eigenvalue weighted by molar-refractivity contribution is 5.93. The molecule has 2 aliphatic heterocycles. The third-order valence-corrected chi connectivity index (χ3v) is 4.99. The monoisotopic (exact) mass is 352 g/mol. The lowest BCUT2D eigenvalue weighted by atomic mass is 9.94. The van der Waals surface area contributed by atoms with Gasteiger partial charge in [0.05, 0.1) is 25.2 Å². The summed E-state index contributed by atoms with van der Waals surface area (Å²) < 4.78 is 5.39. The summed E-state index contributed by atoms with van der Waals surface area (Å²) in [5.74, 6) is -0.133. The lowest BCUT2D eigenvalue weighted by Gasteiger charge is -2.29. The molecule has 136 valence electrons. The zero-order valence-corrected chi connectivity index (χ0v) is 14.7. The molecule has 2 aromatic carbocycles. The van der Waals surface area contributed by atoms with Crippen molar-refractivity contribution >= 4 is 17.3 Å². The largest absolute Gasteiger partial charge is 0.378 e. The van der Waals surface area contributed by atoms with E-state index in [9.17, 15) is 4.79 Å². The molecule has 6 heteroatoms. The van der Waals surface area contributed by atoms with Gasteiger partial charge in [0, 0.05) is 31.0 Å². The van der Waals surface area contributed by atoms with Crippen LogP contribution in [0.1, 0.15) is 11.6 Å². The van der Waals surface area contributed by atoms with Crippen LogP contribution in [0.4, 0.5) is 11.4 Å². The Kier molecular flexibility index (Phi) is 5.15. The lowest BCUT2D eigenvalue weighted by molar-refractivity contribution is -0.119. The minimum absolute atomic E-state index is 0.0236. The molecule has 6 nitrogen and oxygen atoms in total. The van der Waals surface area contributed by atoms with Crippen molar-refractivity contribution in [3.63, 3.8) is 0 Å². The van der Waals surface area contributed by atoms with Crippen LogP contribution in [-0.4, -0.2) is 38.8 Å². The van der Waals surface area contributed by atoms with Crippen LogP contribution in [0.2, 0.25) is 0 Å². The Labute approximate surface area is 153 Å². The molecule has 1 amide bonds. The van der Waals surface area contributed by atoms with Crippen molar-refractivity contribution in [3.8, 4) is 0 Å². The number of amides is 1. The SMILES string of the molecule is O=C(Nc1ccc(N2CCOCC2)cc1)C1CNNC1c1ccccc1. The maximum atomic E-state index is 12.8. The van der Waals surface area contributed by atoms with E-state index in [0.29, 0.717) is 6.54 Å². The van der Waals surface area contributed by atoms with E-state index in [4.69, 9.17) is 4.74 Å². The van der Waals surface area contributed by atoms with Crippen LogP contribution in [-0.2, 0) is 9.53 Å². The Bertz CT molecular complexity index is 729. The van der Waals surface area contributed by atoms with E-state index in [2.05, 4.69) is 33.2 Å². The number of rotatable bonds is 4. The maximum absolute atomic E-state index is 12.8. The molecule has 2 fully saturated rings. The first-order valence-electron chi connectivity index (χ1n) is 9.08. The smallest absolute Gasteiger partial charge is 0.230 e. The second kappa shape index (κ2) is 7.86. The number of carbonyl (C=O) groups is 1. The van der Waals surface area contributed by atoms with Gasteiger partial charge in [0.15, 0.2) is 0 Å². The van der Waals surface area contributed by atoms with Gasteiger partial charge in [-0.2, -0.15) is 0 Å². The fraction of sp³-hybridized carbons (Fsp3) is 0.350. The molecule has 3 N–H and O–H groups in total. The molecule has 0 radical (unpaired) electrons. The molecule has 2 atom stereocenters. The number of benzene rings is 2. The molecule has 2 aromatic rings. The van der Waals surface area contributed by atoms with Crippen molar-refractivity contribution in [1.29, 1.82) is 0 Å². The van der Waals surface area contributed by atoms with Crippen molar-refractivity contribution in [2.45, 2.75) is 6.04 Å². The fourth-order valence-corrected chi connectivity index (χ4v) is 3.53. The second-order valence-corrected chi connectivity index (χ2v) is 6.66. The van der Waals surface area contributed by atoms with Gasteiger partial charge < -0.3 is 15.0 Å². The topological polar surface area (TPSA) is 65.6 Å².